The van der Waals surface area contributed by atoms with E-state index in [0.29, 0.717) is 12.5 Å². The van der Waals surface area contributed by atoms with Gasteiger partial charge in [-0.3, -0.25) is 0 Å². The normalized spacial score (nSPS) is 14.9. The van der Waals surface area contributed by atoms with Gasteiger partial charge in [0.05, 0.1) is 6.10 Å². The van der Waals surface area contributed by atoms with Crippen molar-refractivity contribution in [2.75, 3.05) is 6.54 Å². The predicted molar refractivity (Wildman–Crippen MR) is 73.1 cm³/mol. The van der Waals surface area contributed by atoms with Gasteiger partial charge in [0.25, 0.3) is 0 Å². The van der Waals surface area contributed by atoms with Gasteiger partial charge in [0.2, 0.25) is 0 Å². The SMILES string of the molecule is CCc1ccc(C(C)NCC(O)C(C)C)cc1. The summed E-state index contributed by atoms with van der Waals surface area (Å²) in [5.41, 5.74) is 2.64. The van der Waals surface area contributed by atoms with Gasteiger partial charge in [0.15, 0.2) is 0 Å². The minimum Gasteiger partial charge on any atom is -0.392 e. The monoisotopic (exact) mass is 235 g/mol. The van der Waals surface area contributed by atoms with Gasteiger partial charge in [-0.1, -0.05) is 45.0 Å². The molecule has 1 aromatic carbocycles. The van der Waals surface area contributed by atoms with Crippen molar-refractivity contribution >= 4 is 0 Å². The molecule has 96 valence electrons. The summed E-state index contributed by atoms with van der Waals surface area (Å²) < 4.78 is 0. The highest BCUT2D eigenvalue weighted by molar-refractivity contribution is 5.24. The molecule has 2 unspecified atom stereocenters. The third kappa shape index (κ3) is 4.49. The highest BCUT2D eigenvalue weighted by Crippen LogP contribution is 2.14. The van der Waals surface area contributed by atoms with Crippen molar-refractivity contribution < 1.29 is 5.11 Å². The summed E-state index contributed by atoms with van der Waals surface area (Å²) in [6.45, 7) is 9.01. The molecule has 0 saturated carbocycles. The fourth-order valence-electron chi connectivity index (χ4n) is 1.69. The van der Waals surface area contributed by atoms with Gasteiger partial charge in [-0.15, -0.1) is 0 Å². The lowest BCUT2D eigenvalue weighted by molar-refractivity contribution is 0.120. The molecule has 0 fully saturated rings. The van der Waals surface area contributed by atoms with Gasteiger partial charge in [-0.25, -0.2) is 0 Å². The molecule has 2 N–H and O–H groups in total. The largest absolute Gasteiger partial charge is 0.392 e. The average molecular weight is 235 g/mol. The Balaban J connectivity index is 2.48. The molecule has 0 amide bonds. The van der Waals surface area contributed by atoms with Gasteiger partial charge in [-0.2, -0.15) is 0 Å². The van der Waals surface area contributed by atoms with Gasteiger partial charge in [0.1, 0.15) is 0 Å². The van der Waals surface area contributed by atoms with Crippen LogP contribution in [0.4, 0.5) is 0 Å². The number of hydrogen-bond donors (Lipinski definition) is 2. The first-order valence-electron chi connectivity index (χ1n) is 6.54. The first-order chi connectivity index (χ1) is 8.04. The number of aliphatic hydroxyl groups excluding tert-OH is 1. The van der Waals surface area contributed by atoms with Crippen LogP contribution in [0.1, 0.15) is 44.9 Å². The highest BCUT2D eigenvalue weighted by Gasteiger charge is 2.11. The molecule has 0 radical (unpaired) electrons. The number of aryl methyl sites for hydroxylation is 1. The molecule has 0 heterocycles. The standard InChI is InChI=1S/C15H25NO/c1-5-13-6-8-14(9-7-13)12(4)16-10-15(17)11(2)3/h6-9,11-12,15-17H,5,10H2,1-4H3. The lowest BCUT2D eigenvalue weighted by Gasteiger charge is -2.19. The van der Waals surface area contributed by atoms with E-state index in [1.54, 1.807) is 0 Å². The zero-order valence-corrected chi connectivity index (χ0v) is 11.4. The Morgan fingerprint density at radius 1 is 1.12 bits per heavy atom. The number of rotatable bonds is 6. The maximum atomic E-state index is 9.74. The smallest absolute Gasteiger partial charge is 0.0687 e. The molecule has 0 aliphatic rings. The quantitative estimate of drug-likeness (QED) is 0.794. The minimum absolute atomic E-state index is 0.271. The minimum atomic E-state index is -0.271. The Hall–Kier alpha value is -0.860. The topological polar surface area (TPSA) is 32.3 Å². The van der Waals surface area contributed by atoms with Crippen molar-refractivity contribution in [3.05, 3.63) is 35.4 Å². The van der Waals surface area contributed by atoms with Crippen molar-refractivity contribution in [1.29, 1.82) is 0 Å². The number of benzene rings is 1. The van der Waals surface area contributed by atoms with E-state index in [1.165, 1.54) is 11.1 Å². The molecular formula is C15H25NO. The molecule has 0 aliphatic heterocycles. The molecule has 17 heavy (non-hydrogen) atoms. The maximum absolute atomic E-state index is 9.74. The molecule has 2 heteroatoms. The van der Waals surface area contributed by atoms with Crippen LogP contribution in [0.25, 0.3) is 0 Å². The molecule has 2 atom stereocenters. The lowest BCUT2D eigenvalue weighted by atomic mass is 10.0. The molecule has 0 bridgehead atoms. The van der Waals surface area contributed by atoms with Gasteiger partial charge in [0, 0.05) is 12.6 Å². The summed E-state index contributed by atoms with van der Waals surface area (Å²) in [6.07, 6.45) is 0.807. The van der Waals surface area contributed by atoms with E-state index in [9.17, 15) is 5.11 Å². The Morgan fingerprint density at radius 3 is 2.18 bits per heavy atom. The molecule has 0 aromatic heterocycles. The van der Waals surface area contributed by atoms with Crippen LogP contribution in [-0.4, -0.2) is 17.8 Å². The van der Waals surface area contributed by atoms with Crippen LogP contribution >= 0.6 is 0 Å². The summed E-state index contributed by atoms with van der Waals surface area (Å²) in [5.74, 6) is 0.303. The first-order valence-corrected chi connectivity index (χ1v) is 6.54. The Labute approximate surface area is 105 Å². The molecule has 0 spiro atoms. The van der Waals surface area contributed by atoms with Crippen LogP contribution in [0.5, 0.6) is 0 Å². The summed E-state index contributed by atoms with van der Waals surface area (Å²) in [5, 5.41) is 13.1. The maximum Gasteiger partial charge on any atom is 0.0687 e. The van der Waals surface area contributed by atoms with Crippen LogP contribution in [-0.2, 0) is 6.42 Å². The molecular weight excluding hydrogens is 210 g/mol. The van der Waals surface area contributed by atoms with Crippen LogP contribution in [0.3, 0.4) is 0 Å². The Bertz CT molecular complexity index is 318. The summed E-state index contributed by atoms with van der Waals surface area (Å²) >= 11 is 0. The van der Waals surface area contributed by atoms with E-state index >= 15 is 0 Å². The molecule has 0 aliphatic carbocycles. The molecule has 2 nitrogen and oxygen atoms in total. The van der Waals surface area contributed by atoms with Gasteiger partial charge in [-0.05, 0) is 30.4 Å². The molecule has 0 saturated heterocycles. The second-order valence-electron chi connectivity index (χ2n) is 5.04. The summed E-state index contributed by atoms with van der Waals surface area (Å²) in [7, 11) is 0. The van der Waals surface area contributed by atoms with Crippen LogP contribution < -0.4 is 5.32 Å². The van der Waals surface area contributed by atoms with E-state index in [1.807, 2.05) is 13.8 Å². The summed E-state index contributed by atoms with van der Waals surface area (Å²) in [6, 6.07) is 8.96. The second kappa shape index (κ2) is 6.77. The van der Waals surface area contributed by atoms with Crippen molar-refractivity contribution in [2.24, 2.45) is 5.92 Å². The van der Waals surface area contributed by atoms with Crippen molar-refractivity contribution in [2.45, 2.75) is 46.3 Å². The zero-order valence-electron chi connectivity index (χ0n) is 11.4. The van der Waals surface area contributed by atoms with Gasteiger partial charge < -0.3 is 10.4 Å². The van der Waals surface area contributed by atoms with E-state index in [4.69, 9.17) is 0 Å². The fourth-order valence-corrected chi connectivity index (χ4v) is 1.69. The van der Waals surface area contributed by atoms with Crippen LogP contribution in [0.15, 0.2) is 24.3 Å². The van der Waals surface area contributed by atoms with E-state index in [0.717, 1.165) is 6.42 Å². The van der Waals surface area contributed by atoms with Crippen molar-refractivity contribution in [3.8, 4) is 0 Å². The Kier molecular flexibility index (Phi) is 5.66. The number of hydrogen-bond acceptors (Lipinski definition) is 2. The van der Waals surface area contributed by atoms with Crippen molar-refractivity contribution in [1.82, 2.24) is 5.32 Å². The zero-order chi connectivity index (χ0) is 12.8. The van der Waals surface area contributed by atoms with E-state index in [2.05, 4.69) is 43.4 Å². The van der Waals surface area contributed by atoms with Crippen LogP contribution in [0, 0.1) is 5.92 Å². The summed E-state index contributed by atoms with van der Waals surface area (Å²) in [4.78, 5) is 0. The van der Waals surface area contributed by atoms with E-state index in [-0.39, 0.29) is 12.1 Å². The number of nitrogens with one attached hydrogen (secondary N) is 1. The Morgan fingerprint density at radius 2 is 1.71 bits per heavy atom. The number of aliphatic hydroxyl groups is 1. The third-order valence-corrected chi connectivity index (χ3v) is 3.29. The third-order valence-electron chi connectivity index (χ3n) is 3.29. The second-order valence-corrected chi connectivity index (χ2v) is 5.04. The van der Waals surface area contributed by atoms with Crippen molar-refractivity contribution in [3.63, 3.8) is 0 Å². The highest BCUT2D eigenvalue weighted by atomic mass is 16.3. The first kappa shape index (κ1) is 14.2. The average Bonchev–Trinajstić information content (AvgIpc) is 2.35. The van der Waals surface area contributed by atoms with E-state index < -0.39 is 0 Å². The predicted octanol–water partition coefficient (Wildman–Crippen LogP) is 2.92. The van der Waals surface area contributed by atoms with Gasteiger partial charge >= 0.3 is 0 Å². The molecule has 1 rings (SSSR count). The van der Waals surface area contributed by atoms with Crippen LogP contribution in [0.2, 0.25) is 0 Å². The lowest BCUT2D eigenvalue weighted by Crippen LogP contribution is -2.32. The fraction of sp³-hybridized carbons (Fsp3) is 0.600. The molecule has 1 aromatic rings.